The zero-order chi connectivity index (χ0) is 9.40. The van der Waals surface area contributed by atoms with Crippen LogP contribution in [0.4, 0.5) is 4.79 Å². The van der Waals surface area contributed by atoms with Crippen molar-refractivity contribution in [1.29, 1.82) is 0 Å². The van der Waals surface area contributed by atoms with Gasteiger partial charge in [0.15, 0.2) is 0 Å². The first-order valence-electron chi connectivity index (χ1n) is 3.92. The van der Waals surface area contributed by atoms with Crippen LogP contribution in [0.15, 0.2) is 0 Å². The number of primary amides is 1. The fourth-order valence-corrected chi connectivity index (χ4v) is 0.567. The maximum Gasteiger partial charge on any atom is 0.318 e. The lowest BCUT2D eigenvalue weighted by atomic mass is 10.7. The van der Waals surface area contributed by atoms with Crippen molar-refractivity contribution >= 4 is 6.03 Å². The predicted octanol–water partition coefficient (Wildman–Crippen LogP) is 0.355. The minimum atomic E-state index is -0.531. The number of nitrogens with two attached hydrogens (primary N) is 1. The molecule has 0 aromatic heterocycles. The topological polar surface area (TPSA) is 64.8 Å². The molecule has 0 radical (unpaired) electrons. The normalized spacial score (nSPS) is 9.83. The van der Waals surface area contributed by atoms with Crippen molar-refractivity contribution in [2.45, 2.75) is 13.8 Å². The van der Waals surface area contributed by atoms with Gasteiger partial charge < -0.3 is 15.2 Å². The summed E-state index contributed by atoms with van der Waals surface area (Å²) in [4.78, 5) is 12.0. The van der Waals surface area contributed by atoms with Gasteiger partial charge in [-0.15, -0.1) is 0 Å². The van der Waals surface area contributed by atoms with Crippen molar-refractivity contribution in [3.63, 3.8) is 0 Å². The summed E-state index contributed by atoms with van der Waals surface area (Å²) in [6, 6.07) is -0.531. The van der Waals surface area contributed by atoms with E-state index in [2.05, 4.69) is 0 Å². The average molecular weight is 176 g/mol. The number of amides is 2. The van der Waals surface area contributed by atoms with Gasteiger partial charge in [0.2, 0.25) is 0 Å². The summed E-state index contributed by atoms with van der Waals surface area (Å²) < 4.78 is 10.00. The Bertz CT molecular complexity index is 122. The standard InChI is InChI=1S/C7H16N2O3/c1-3-11-5-9(7(8)10)6-12-4-2/h3-6H2,1-2H3,(H2,8,10). The number of nitrogens with zero attached hydrogens (tertiary/aromatic N) is 1. The Morgan fingerprint density at radius 2 is 1.67 bits per heavy atom. The number of carbonyl (C=O) groups is 1. The van der Waals surface area contributed by atoms with Crippen LogP contribution in [0.25, 0.3) is 0 Å². The van der Waals surface area contributed by atoms with E-state index in [-0.39, 0.29) is 13.5 Å². The van der Waals surface area contributed by atoms with Crippen LogP contribution in [-0.4, -0.2) is 37.6 Å². The molecule has 0 spiro atoms. The van der Waals surface area contributed by atoms with E-state index in [4.69, 9.17) is 15.2 Å². The van der Waals surface area contributed by atoms with Gasteiger partial charge in [-0.25, -0.2) is 4.79 Å². The molecule has 5 nitrogen and oxygen atoms in total. The summed E-state index contributed by atoms with van der Waals surface area (Å²) in [6.45, 7) is 5.17. The molecule has 0 aromatic rings. The molecule has 72 valence electrons. The van der Waals surface area contributed by atoms with Gasteiger partial charge in [0, 0.05) is 13.2 Å². The number of hydrogen-bond donors (Lipinski definition) is 1. The molecule has 0 saturated carbocycles. The van der Waals surface area contributed by atoms with Crippen LogP contribution in [0.3, 0.4) is 0 Å². The highest BCUT2D eigenvalue weighted by atomic mass is 16.5. The van der Waals surface area contributed by atoms with Crippen LogP contribution in [-0.2, 0) is 9.47 Å². The molecule has 0 unspecified atom stereocenters. The molecule has 0 fully saturated rings. The molecular formula is C7H16N2O3. The van der Waals surface area contributed by atoms with Crippen molar-refractivity contribution in [2.24, 2.45) is 5.73 Å². The Hall–Kier alpha value is -0.810. The van der Waals surface area contributed by atoms with Gasteiger partial charge in [0.1, 0.15) is 13.5 Å². The van der Waals surface area contributed by atoms with E-state index < -0.39 is 6.03 Å². The van der Waals surface area contributed by atoms with E-state index in [1.165, 1.54) is 4.90 Å². The number of urea groups is 1. The van der Waals surface area contributed by atoms with Crippen LogP contribution < -0.4 is 5.73 Å². The Morgan fingerprint density at radius 1 is 1.25 bits per heavy atom. The molecule has 5 heteroatoms. The van der Waals surface area contributed by atoms with Crippen LogP contribution >= 0.6 is 0 Å². The number of hydrogen-bond acceptors (Lipinski definition) is 3. The SMILES string of the molecule is CCOCN(COCC)C(N)=O. The molecule has 0 bridgehead atoms. The first-order valence-corrected chi connectivity index (χ1v) is 3.92. The molecule has 12 heavy (non-hydrogen) atoms. The largest absolute Gasteiger partial charge is 0.361 e. The molecule has 0 aliphatic carbocycles. The summed E-state index contributed by atoms with van der Waals surface area (Å²) in [5, 5.41) is 0. The summed E-state index contributed by atoms with van der Waals surface area (Å²) in [7, 11) is 0. The molecule has 2 amide bonds. The molecule has 0 aromatic carbocycles. The molecule has 0 heterocycles. The maximum atomic E-state index is 10.7. The smallest absolute Gasteiger partial charge is 0.318 e. The Balaban J connectivity index is 3.62. The minimum Gasteiger partial charge on any atom is -0.361 e. The van der Waals surface area contributed by atoms with E-state index in [9.17, 15) is 4.79 Å². The van der Waals surface area contributed by atoms with E-state index in [0.29, 0.717) is 13.2 Å². The fourth-order valence-electron chi connectivity index (χ4n) is 0.567. The van der Waals surface area contributed by atoms with E-state index >= 15 is 0 Å². The van der Waals surface area contributed by atoms with Gasteiger partial charge in [0.25, 0.3) is 0 Å². The number of ether oxygens (including phenoxy) is 2. The summed E-state index contributed by atoms with van der Waals surface area (Å²) in [5.74, 6) is 0. The highest BCUT2D eigenvalue weighted by Crippen LogP contribution is 1.89. The van der Waals surface area contributed by atoms with Gasteiger partial charge in [0.05, 0.1) is 0 Å². The molecule has 0 aliphatic rings. The monoisotopic (exact) mass is 176 g/mol. The zero-order valence-electron chi connectivity index (χ0n) is 7.58. The lowest BCUT2D eigenvalue weighted by molar-refractivity contribution is -0.0123. The fraction of sp³-hybridized carbons (Fsp3) is 0.857. The van der Waals surface area contributed by atoms with Crippen LogP contribution in [0, 0.1) is 0 Å². The second-order valence-corrected chi connectivity index (χ2v) is 2.12. The molecular weight excluding hydrogens is 160 g/mol. The zero-order valence-corrected chi connectivity index (χ0v) is 7.58. The average Bonchev–Trinajstić information content (AvgIpc) is 2.04. The van der Waals surface area contributed by atoms with Crippen LogP contribution in [0.1, 0.15) is 13.8 Å². The summed E-state index contributed by atoms with van der Waals surface area (Å²) >= 11 is 0. The van der Waals surface area contributed by atoms with Gasteiger partial charge in [-0.2, -0.15) is 0 Å². The third kappa shape index (κ3) is 4.92. The van der Waals surface area contributed by atoms with Gasteiger partial charge in [-0.1, -0.05) is 0 Å². The minimum absolute atomic E-state index is 0.186. The second kappa shape index (κ2) is 6.87. The van der Waals surface area contributed by atoms with Crippen molar-refractivity contribution < 1.29 is 14.3 Å². The van der Waals surface area contributed by atoms with Crippen molar-refractivity contribution in [2.75, 3.05) is 26.7 Å². The first kappa shape index (κ1) is 11.2. The lowest BCUT2D eigenvalue weighted by Gasteiger charge is -2.18. The molecule has 2 N–H and O–H groups in total. The Morgan fingerprint density at radius 3 is 1.92 bits per heavy atom. The number of rotatable bonds is 6. The lowest BCUT2D eigenvalue weighted by Crippen LogP contribution is -2.39. The van der Waals surface area contributed by atoms with Crippen molar-refractivity contribution in [1.82, 2.24) is 4.90 Å². The van der Waals surface area contributed by atoms with E-state index in [1.54, 1.807) is 0 Å². The highest BCUT2D eigenvalue weighted by Gasteiger charge is 2.07. The molecule has 0 atom stereocenters. The third-order valence-corrected chi connectivity index (χ3v) is 1.21. The highest BCUT2D eigenvalue weighted by molar-refractivity contribution is 5.71. The second-order valence-electron chi connectivity index (χ2n) is 2.12. The quantitative estimate of drug-likeness (QED) is 0.594. The Kier molecular flexibility index (Phi) is 6.41. The van der Waals surface area contributed by atoms with E-state index in [1.807, 2.05) is 13.8 Å². The summed E-state index contributed by atoms with van der Waals surface area (Å²) in [5.41, 5.74) is 5.05. The number of carbonyl (C=O) groups excluding carboxylic acids is 1. The van der Waals surface area contributed by atoms with E-state index in [0.717, 1.165) is 0 Å². The van der Waals surface area contributed by atoms with Crippen LogP contribution in [0.2, 0.25) is 0 Å². The van der Waals surface area contributed by atoms with Gasteiger partial charge in [-0.3, -0.25) is 4.90 Å². The maximum absolute atomic E-state index is 10.7. The molecule has 0 saturated heterocycles. The van der Waals surface area contributed by atoms with Crippen molar-refractivity contribution in [3.8, 4) is 0 Å². The van der Waals surface area contributed by atoms with Gasteiger partial charge in [-0.05, 0) is 13.8 Å². The van der Waals surface area contributed by atoms with Gasteiger partial charge >= 0.3 is 6.03 Å². The molecule has 0 aliphatic heterocycles. The molecule has 0 rings (SSSR count). The predicted molar refractivity (Wildman–Crippen MR) is 44.4 cm³/mol. The Labute approximate surface area is 72.4 Å². The summed E-state index contributed by atoms with van der Waals surface area (Å²) in [6.07, 6.45) is 0. The van der Waals surface area contributed by atoms with Crippen molar-refractivity contribution in [3.05, 3.63) is 0 Å². The first-order chi connectivity index (χ1) is 5.72. The third-order valence-electron chi connectivity index (χ3n) is 1.21. The van der Waals surface area contributed by atoms with Crippen LogP contribution in [0.5, 0.6) is 0 Å².